The molecule has 1 fully saturated rings. The lowest BCUT2D eigenvalue weighted by Crippen LogP contribution is -2.28. The Hall–Kier alpha value is -0.820. The second kappa shape index (κ2) is 6.52. The Labute approximate surface area is 129 Å². The predicted octanol–water partition coefficient (Wildman–Crippen LogP) is 4.54. The highest BCUT2D eigenvalue weighted by Gasteiger charge is 2.28. The number of rotatable bonds is 4. The highest BCUT2D eigenvalue weighted by molar-refractivity contribution is 5.35. The minimum atomic E-state index is -0.141. The van der Waals surface area contributed by atoms with Crippen LogP contribution in [0.15, 0.2) is 18.2 Å². The van der Waals surface area contributed by atoms with Crippen LogP contribution in [-0.2, 0) is 19.3 Å². The van der Waals surface area contributed by atoms with Gasteiger partial charge in [0.2, 0.25) is 0 Å². The smallest absolute Gasteiger partial charge is 0.0608 e. The summed E-state index contributed by atoms with van der Waals surface area (Å²) in [7, 11) is 0. The van der Waals surface area contributed by atoms with Crippen molar-refractivity contribution in [3.63, 3.8) is 0 Å². The van der Waals surface area contributed by atoms with Crippen molar-refractivity contribution in [2.24, 2.45) is 17.8 Å². The normalized spacial score (nSPS) is 26.9. The van der Waals surface area contributed by atoms with Crippen molar-refractivity contribution >= 4 is 0 Å². The quantitative estimate of drug-likeness (QED) is 0.861. The lowest BCUT2D eigenvalue weighted by molar-refractivity contribution is 0.0675. The minimum Gasteiger partial charge on any atom is -0.392 e. The van der Waals surface area contributed by atoms with E-state index in [1.807, 2.05) is 0 Å². The van der Waals surface area contributed by atoms with Crippen LogP contribution in [0, 0.1) is 17.8 Å². The number of benzene rings is 1. The first-order valence-corrected chi connectivity index (χ1v) is 8.92. The van der Waals surface area contributed by atoms with E-state index in [-0.39, 0.29) is 6.10 Å². The summed E-state index contributed by atoms with van der Waals surface area (Å²) in [6.45, 7) is 4.68. The summed E-state index contributed by atoms with van der Waals surface area (Å²) in [6.07, 6.45) is 9.55. The van der Waals surface area contributed by atoms with Gasteiger partial charge in [0.1, 0.15) is 0 Å². The standard InChI is InChI=1S/C20H30O/c1-14(2)16-8-10-18(11-9-16)20(21)13-15-6-7-17-4-3-5-19(17)12-15/h6-7,12,14,16,18,20-21H,3-5,8-11,13H2,1-2H3. The number of hydrogen-bond donors (Lipinski definition) is 1. The van der Waals surface area contributed by atoms with E-state index >= 15 is 0 Å². The molecule has 3 rings (SSSR count). The molecule has 1 N–H and O–H groups in total. The van der Waals surface area contributed by atoms with Crippen LogP contribution in [0.5, 0.6) is 0 Å². The molecule has 0 aliphatic heterocycles. The predicted molar refractivity (Wildman–Crippen MR) is 88.5 cm³/mol. The van der Waals surface area contributed by atoms with Gasteiger partial charge < -0.3 is 5.11 Å². The van der Waals surface area contributed by atoms with Crippen LogP contribution >= 0.6 is 0 Å². The van der Waals surface area contributed by atoms with E-state index < -0.39 is 0 Å². The molecule has 21 heavy (non-hydrogen) atoms. The number of aliphatic hydroxyl groups is 1. The van der Waals surface area contributed by atoms with E-state index in [4.69, 9.17) is 0 Å². The van der Waals surface area contributed by atoms with Gasteiger partial charge in [-0.2, -0.15) is 0 Å². The fourth-order valence-electron chi connectivity index (χ4n) is 4.36. The van der Waals surface area contributed by atoms with E-state index in [0.717, 1.165) is 18.3 Å². The van der Waals surface area contributed by atoms with Gasteiger partial charge in [-0.25, -0.2) is 0 Å². The van der Waals surface area contributed by atoms with Crippen molar-refractivity contribution in [1.29, 1.82) is 0 Å². The number of hydrogen-bond acceptors (Lipinski definition) is 1. The van der Waals surface area contributed by atoms with Crippen molar-refractivity contribution in [2.45, 2.75) is 71.3 Å². The SMILES string of the molecule is CC(C)C1CCC(C(O)Cc2ccc3c(c2)CCC3)CC1. The second-order valence-corrected chi connectivity index (χ2v) is 7.65. The van der Waals surface area contributed by atoms with Crippen molar-refractivity contribution in [3.05, 3.63) is 34.9 Å². The molecule has 2 aliphatic rings. The number of aryl methyl sites for hydroxylation is 2. The Balaban J connectivity index is 1.56. The zero-order chi connectivity index (χ0) is 14.8. The second-order valence-electron chi connectivity index (χ2n) is 7.65. The van der Waals surface area contributed by atoms with E-state index in [0.29, 0.717) is 5.92 Å². The molecule has 0 heterocycles. The van der Waals surface area contributed by atoms with Crippen LogP contribution in [0.2, 0.25) is 0 Å². The summed E-state index contributed by atoms with van der Waals surface area (Å²) in [5, 5.41) is 10.6. The summed E-state index contributed by atoms with van der Waals surface area (Å²) in [4.78, 5) is 0. The van der Waals surface area contributed by atoms with Crippen molar-refractivity contribution < 1.29 is 5.11 Å². The van der Waals surface area contributed by atoms with E-state index in [9.17, 15) is 5.11 Å². The van der Waals surface area contributed by atoms with Gasteiger partial charge in [0.25, 0.3) is 0 Å². The van der Waals surface area contributed by atoms with Crippen LogP contribution in [0.25, 0.3) is 0 Å². The maximum atomic E-state index is 10.6. The third-order valence-electron chi connectivity index (χ3n) is 5.91. The van der Waals surface area contributed by atoms with Gasteiger partial charge in [-0.1, -0.05) is 32.0 Å². The van der Waals surface area contributed by atoms with Gasteiger partial charge in [-0.15, -0.1) is 0 Å². The Morgan fingerprint density at radius 1 is 1.00 bits per heavy atom. The average Bonchev–Trinajstić information content (AvgIpc) is 2.95. The van der Waals surface area contributed by atoms with Gasteiger partial charge in [0.15, 0.2) is 0 Å². The summed E-state index contributed by atoms with van der Waals surface area (Å²) in [5.41, 5.74) is 4.41. The highest BCUT2D eigenvalue weighted by Crippen LogP contribution is 2.35. The maximum absolute atomic E-state index is 10.6. The van der Waals surface area contributed by atoms with E-state index in [1.165, 1.54) is 61.6 Å². The zero-order valence-corrected chi connectivity index (χ0v) is 13.6. The molecule has 2 aliphatic carbocycles. The van der Waals surface area contributed by atoms with Crippen LogP contribution in [0.4, 0.5) is 0 Å². The molecular formula is C20H30O. The third kappa shape index (κ3) is 3.51. The Bertz CT molecular complexity index is 469. The number of aliphatic hydroxyl groups excluding tert-OH is 1. The molecule has 1 atom stereocenters. The van der Waals surface area contributed by atoms with Gasteiger partial charge in [-0.05, 0) is 85.8 Å². The zero-order valence-electron chi connectivity index (χ0n) is 13.6. The number of fused-ring (bicyclic) bond motifs is 1. The highest BCUT2D eigenvalue weighted by atomic mass is 16.3. The Morgan fingerprint density at radius 2 is 1.67 bits per heavy atom. The monoisotopic (exact) mass is 286 g/mol. The summed E-state index contributed by atoms with van der Waals surface area (Å²) < 4.78 is 0. The molecule has 0 amide bonds. The van der Waals surface area contributed by atoms with Crippen LogP contribution in [0.1, 0.15) is 62.6 Å². The van der Waals surface area contributed by atoms with Crippen molar-refractivity contribution in [3.8, 4) is 0 Å². The third-order valence-corrected chi connectivity index (χ3v) is 5.91. The van der Waals surface area contributed by atoms with Crippen LogP contribution in [0.3, 0.4) is 0 Å². The Kier molecular flexibility index (Phi) is 4.69. The van der Waals surface area contributed by atoms with Gasteiger partial charge >= 0.3 is 0 Å². The first-order chi connectivity index (χ1) is 10.1. The molecule has 1 nitrogen and oxygen atoms in total. The van der Waals surface area contributed by atoms with Crippen LogP contribution in [-0.4, -0.2) is 11.2 Å². The molecule has 1 unspecified atom stereocenters. The Morgan fingerprint density at radius 3 is 2.38 bits per heavy atom. The molecule has 0 spiro atoms. The minimum absolute atomic E-state index is 0.141. The fraction of sp³-hybridized carbons (Fsp3) is 0.700. The maximum Gasteiger partial charge on any atom is 0.0608 e. The largest absolute Gasteiger partial charge is 0.392 e. The molecule has 116 valence electrons. The van der Waals surface area contributed by atoms with Gasteiger partial charge in [0, 0.05) is 0 Å². The molecular weight excluding hydrogens is 256 g/mol. The summed E-state index contributed by atoms with van der Waals surface area (Å²) >= 11 is 0. The van der Waals surface area contributed by atoms with Crippen LogP contribution < -0.4 is 0 Å². The molecule has 1 aromatic rings. The molecule has 0 saturated heterocycles. The van der Waals surface area contributed by atoms with Crippen molar-refractivity contribution in [1.82, 2.24) is 0 Å². The fourth-order valence-corrected chi connectivity index (χ4v) is 4.36. The first-order valence-electron chi connectivity index (χ1n) is 8.92. The lowest BCUT2D eigenvalue weighted by atomic mass is 9.74. The molecule has 0 radical (unpaired) electrons. The molecule has 1 heteroatoms. The van der Waals surface area contributed by atoms with E-state index in [1.54, 1.807) is 0 Å². The first kappa shape index (κ1) is 15.1. The van der Waals surface area contributed by atoms with Gasteiger partial charge in [-0.3, -0.25) is 0 Å². The average molecular weight is 286 g/mol. The summed E-state index contributed by atoms with van der Waals surface area (Å²) in [6, 6.07) is 6.89. The molecule has 0 aromatic heterocycles. The summed E-state index contributed by atoms with van der Waals surface area (Å²) in [5.74, 6) is 2.21. The topological polar surface area (TPSA) is 20.2 Å². The lowest BCUT2D eigenvalue weighted by Gasteiger charge is -2.33. The molecule has 1 saturated carbocycles. The molecule has 0 bridgehead atoms. The van der Waals surface area contributed by atoms with E-state index in [2.05, 4.69) is 32.0 Å². The molecule has 1 aromatic carbocycles. The van der Waals surface area contributed by atoms with Gasteiger partial charge in [0.05, 0.1) is 6.10 Å². The van der Waals surface area contributed by atoms with Crippen molar-refractivity contribution in [2.75, 3.05) is 0 Å².